The van der Waals surface area contributed by atoms with Crippen LogP contribution in [0.3, 0.4) is 0 Å². The Morgan fingerprint density at radius 2 is 2.04 bits per heavy atom. The first kappa shape index (κ1) is 18.6. The van der Waals surface area contributed by atoms with Crippen LogP contribution in [0.25, 0.3) is 0 Å². The second kappa shape index (κ2) is 8.94. The Hall–Kier alpha value is -2.21. The van der Waals surface area contributed by atoms with E-state index in [1.165, 1.54) is 5.56 Å². The maximum Gasteiger partial charge on any atom is 0.229 e. The van der Waals surface area contributed by atoms with E-state index < -0.39 is 0 Å². The van der Waals surface area contributed by atoms with Crippen LogP contribution in [0, 0.1) is 0 Å². The number of aromatic nitrogens is 2. The van der Waals surface area contributed by atoms with E-state index in [-0.39, 0.29) is 11.8 Å². The molecule has 3 rings (SSSR count). The van der Waals surface area contributed by atoms with Crippen molar-refractivity contribution in [2.75, 3.05) is 20.1 Å². The SMILES string of the molecule is CNC(C)Cc1noc(C2CCN(C(=O)CCc3ccccc3)CC2)n1. The molecular weight excluding hydrogens is 328 g/mol. The van der Waals surface area contributed by atoms with Crippen LogP contribution >= 0.6 is 0 Å². The number of hydrogen-bond acceptors (Lipinski definition) is 5. The average Bonchev–Trinajstić information content (AvgIpc) is 3.15. The van der Waals surface area contributed by atoms with Crippen LogP contribution in [0.2, 0.25) is 0 Å². The van der Waals surface area contributed by atoms with Crippen LogP contribution in [0.5, 0.6) is 0 Å². The van der Waals surface area contributed by atoms with Gasteiger partial charge in [-0.1, -0.05) is 35.5 Å². The van der Waals surface area contributed by atoms with Gasteiger partial charge in [0, 0.05) is 37.9 Å². The molecular formula is C20H28N4O2. The maximum atomic E-state index is 12.4. The quantitative estimate of drug-likeness (QED) is 0.825. The molecule has 1 aliphatic rings. The molecule has 1 amide bonds. The number of nitrogens with zero attached hydrogens (tertiary/aromatic N) is 3. The molecule has 26 heavy (non-hydrogen) atoms. The fraction of sp³-hybridized carbons (Fsp3) is 0.550. The fourth-order valence-corrected chi connectivity index (χ4v) is 3.32. The van der Waals surface area contributed by atoms with Crippen molar-refractivity contribution < 1.29 is 9.32 Å². The van der Waals surface area contributed by atoms with E-state index in [1.807, 2.05) is 30.1 Å². The molecule has 1 unspecified atom stereocenters. The Labute approximate surface area is 155 Å². The third-order valence-electron chi connectivity index (χ3n) is 5.13. The fourth-order valence-electron chi connectivity index (χ4n) is 3.32. The van der Waals surface area contributed by atoms with Crippen molar-refractivity contribution in [2.45, 2.75) is 51.0 Å². The smallest absolute Gasteiger partial charge is 0.229 e. The van der Waals surface area contributed by atoms with Gasteiger partial charge in [0.2, 0.25) is 11.8 Å². The van der Waals surface area contributed by atoms with Crippen LogP contribution in [0.4, 0.5) is 0 Å². The summed E-state index contributed by atoms with van der Waals surface area (Å²) in [6, 6.07) is 10.5. The molecule has 0 bridgehead atoms. The summed E-state index contributed by atoms with van der Waals surface area (Å²) < 4.78 is 5.46. The summed E-state index contributed by atoms with van der Waals surface area (Å²) in [6.07, 6.45) is 3.91. The first-order chi connectivity index (χ1) is 12.7. The average molecular weight is 356 g/mol. The molecule has 2 heterocycles. The minimum Gasteiger partial charge on any atom is -0.343 e. The van der Waals surface area contributed by atoms with E-state index in [4.69, 9.17) is 4.52 Å². The van der Waals surface area contributed by atoms with Crippen LogP contribution < -0.4 is 5.32 Å². The second-order valence-electron chi connectivity index (χ2n) is 7.08. The Bertz CT molecular complexity index is 693. The van der Waals surface area contributed by atoms with E-state index in [9.17, 15) is 4.79 Å². The Balaban J connectivity index is 1.45. The van der Waals surface area contributed by atoms with E-state index in [0.29, 0.717) is 12.5 Å². The minimum atomic E-state index is 0.237. The highest BCUT2D eigenvalue weighted by Crippen LogP contribution is 2.27. The summed E-state index contributed by atoms with van der Waals surface area (Å²) in [6.45, 7) is 3.63. The summed E-state index contributed by atoms with van der Waals surface area (Å²) in [4.78, 5) is 19.0. The van der Waals surface area contributed by atoms with Gasteiger partial charge in [0.05, 0.1) is 0 Å². The highest BCUT2D eigenvalue weighted by atomic mass is 16.5. The topological polar surface area (TPSA) is 71.3 Å². The number of hydrogen-bond donors (Lipinski definition) is 1. The molecule has 6 heteroatoms. The largest absolute Gasteiger partial charge is 0.343 e. The highest BCUT2D eigenvalue weighted by Gasteiger charge is 2.27. The zero-order valence-electron chi connectivity index (χ0n) is 15.6. The van der Waals surface area contributed by atoms with Crippen molar-refractivity contribution in [3.05, 3.63) is 47.6 Å². The Kier molecular flexibility index (Phi) is 6.39. The lowest BCUT2D eigenvalue weighted by Crippen LogP contribution is -2.38. The molecule has 1 atom stereocenters. The molecule has 0 radical (unpaired) electrons. The minimum absolute atomic E-state index is 0.237. The van der Waals surface area contributed by atoms with Gasteiger partial charge in [-0.05, 0) is 38.8 Å². The van der Waals surface area contributed by atoms with Crippen LogP contribution in [0.15, 0.2) is 34.9 Å². The standard InChI is InChI=1S/C20H28N4O2/c1-15(21-2)14-18-22-20(26-23-18)17-10-12-24(13-11-17)19(25)9-8-16-6-4-3-5-7-16/h3-7,15,17,21H,8-14H2,1-2H3. The third kappa shape index (κ3) is 4.91. The number of carbonyl (C=O) groups is 1. The lowest BCUT2D eigenvalue weighted by molar-refractivity contribution is -0.132. The molecule has 6 nitrogen and oxygen atoms in total. The van der Waals surface area contributed by atoms with Crippen molar-refractivity contribution in [1.29, 1.82) is 0 Å². The van der Waals surface area contributed by atoms with Crippen molar-refractivity contribution in [3.8, 4) is 0 Å². The maximum absolute atomic E-state index is 12.4. The van der Waals surface area contributed by atoms with Crippen LogP contribution in [0.1, 0.15) is 49.4 Å². The molecule has 1 aliphatic heterocycles. The molecule has 1 aromatic carbocycles. The van der Waals surface area contributed by atoms with Gasteiger partial charge in [-0.25, -0.2) is 0 Å². The predicted molar refractivity (Wildman–Crippen MR) is 99.8 cm³/mol. The third-order valence-corrected chi connectivity index (χ3v) is 5.13. The van der Waals surface area contributed by atoms with Crippen LogP contribution in [-0.2, 0) is 17.6 Å². The summed E-state index contributed by atoms with van der Waals surface area (Å²) in [5, 5.41) is 7.27. The lowest BCUT2D eigenvalue weighted by atomic mass is 9.96. The van der Waals surface area contributed by atoms with Gasteiger partial charge >= 0.3 is 0 Å². The molecule has 140 valence electrons. The first-order valence-electron chi connectivity index (χ1n) is 9.47. The summed E-state index contributed by atoms with van der Waals surface area (Å²) in [5.74, 6) is 1.98. The van der Waals surface area contributed by atoms with Gasteiger partial charge in [-0.2, -0.15) is 4.98 Å². The van der Waals surface area contributed by atoms with E-state index in [1.54, 1.807) is 0 Å². The van der Waals surface area contributed by atoms with Gasteiger partial charge in [0.25, 0.3) is 0 Å². The van der Waals surface area contributed by atoms with E-state index in [2.05, 4.69) is 34.5 Å². The van der Waals surface area contributed by atoms with Crippen molar-refractivity contribution in [3.63, 3.8) is 0 Å². The zero-order chi connectivity index (χ0) is 18.4. The predicted octanol–water partition coefficient (Wildman–Crippen LogP) is 2.56. The summed E-state index contributed by atoms with van der Waals surface area (Å²) in [7, 11) is 1.93. The second-order valence-corrected chi connectivity index (χ2v) is 7.08. The number of likely N-dealkylation sites (N-methyl/N-ethyl adjacent to an activating group) is 1. The monoisotopic (exact) mass is 356 g/mol. The van der Waals surface area contributed by atoms with Gasteiger partial charge in [0.15, 0.2) is 5.82 Å². The number of amides is 1. The number of rotatable bonds is 7. The molecule has 0 spiro atoms. The van der Waals surface area contributed by atoms with E-state index >= 15 is 0 Å². The van der Waals surface area contributed by atoms with Gasteiger partial charge in [-0.15, -0.1) is 0 Å². The Morgan fingerprint density at radius 3 is 2.73 bits per heavy atom. The van der Waals surface area contributed by atoms with Crippen molar-refractivity contribution in [2.24, 2.45) is 0 Å². The highest BCUT2D eigenvalue weighted by molar-refractivity contribution is 5.76. The zero-order valence-corrected chi connectivity index (χ0v) is 15.6. The number of piperidine rings is 1. The molecule has 0 saturated carbocycles. The Morgan fingerprint density at radius 1 is 1.31 bits per heavy atom. The lowest BCUT2D eigenvalue weighted by Gasteiger charge is -2.30. The molecule has 0 aliphatic carbocycles. The summed E-state index contributed by atoms with van der Waals surface area (Å²) in [5.41, 5.74) is 1.21. The molecule has 2 aromatic rings. The number of carbonyl (C=O) groups excluding carboxylic acids is 1. The number of likely N-dealkylation sites (tertiary alicyclic amines) is 1. The van der Waals surface area contributed by atoms with Gasteiger partial charge in [0.1, 0.15) is 0 Å². The number of benzene rings is 1. The number of nitrogens with one attached hydrogen (secondary N) is 1. The van der Waals surface area contributed by atoms with Crippen molar-refractivity contribution >= 4 is 5.91 Å². The van der Waals surface area contributed by atoms with Gasteiger partial charge in [-0.3, -0.25) is 4.79 Å². The number of aryl methyl sites for hydroxylation is 1. The van der Waals surface area contributed by atoms with Gasteiger partial charge < -0.3 is 14.7 Å². The first-order valence-corrected chi connectivity index (χ1v) is 9.47. The van der Waals surface area contributed by atoms with E-state index in [0.717, 1.165) is 50.5 Å². The molecule has 1 aromatic heterocycles. The molecule has 1 N–H and O–H groups in total. The van der Waals surface area contributed by atoms with Crippen molar-refractivity contribution in [1.82, 2.24) is 20.4 Å². The molecule has 1 saturated heterocycles. The summed E-state index contributed by atoms with van der Waals surface area (Å²) >= 11 is 0. The molecule has 1 fully saturated rings. The van der Waals surface area contributed by atoms with Crippen LogP contribution in [-0.4, -0.2) is 47.1 Å². The normalized spacial score (nSPS) is 16.6.